The van der Waals surface area contributed by atoms with Crippen LogP contribution in [0.1, 0.15) is 27.3 Å². The molecule has 4 heteroatoms. The first-order valence-electron chi connectivity index (χ1n) is 5.17. The topological polar surface area (TPSA) is 42.9 Å². The lowest BCUT2D eigenvalue weighted by Crippen LogP contribution is -2.08. The van der Waals surface area contributed by atoms with Gasteiger partial charge in [-0.1, -0.05) is 0 Å². The van der Waals surface area contributed by atoms with Gasteiger partial charge in [0.1, 0.15) is 5.82 Å². The number of hydrogen-bond donors (Lipinski definition) is 0. The molecule has 1 aromatic heterocycles. The Labute approximate surface area is 98.3 Å². The Hall–Kier alpha value is -2.10. The third-order valence-electron chi connectivity index (χ3n) is 2.42. The number of rotatable bonds is 2. The molecule has 2 aromatic rings. The van der Waals surface area contributed by atoms with E-state index in [0.29, 0.717) is 11.1 Å². The van der Waals surface area contributed by atoms with Crippen molar-refractivity contribution < 1.29 is 9.18 Å². The fraction of sp³-hybridized carbons (Fsp3) is 0.154. The van der Waals surface area contributed by atoms with Gasteiger partial charge in [-0.05, 0) is 43.2 Å². The highest BCUT2D eigenvalue weighted by molar-refractivity contribution is 6.07. The van der Waals surface area contributed by atoms with Crippen molar-refractivity contribution in [3.63, 3.8) is 0 Å². The van der Waals surface area contributed by atoms with Crippen molar-refractivity contribution in [3.8, 4) is 0 Å². The Morgan fingerprint density at radius 3 is 2.41 bits per heavy atom. The molecule has 1 heterocycles. The van der Waals surface area contributed by atoms with Gasteiger partial charge in [-0.15, -0.1) is 0 Å². The van der Waals surface area contributed by atoms with E-state index in [9.17, 15) is 9.18 Å². The minimum absolute atomic E-state index is 0.130. The van der Waals surface area contributed by atoms with Crippen LogP contribution in [0.4, 0.5) is 4.39 Å². The van der Waals surface area contributed by atoms with Crippen molar-refractivity contribution >= 4 is 5.78 Å². The lowest BCUT2D eigenvalue weighted by atomic mass is 10.0. The molecule has 0 radical (unpaired) electrons. The average Bonchev–Trinajstić information content (AvgIpc) is 2.29. The highest BCUT2D eigenvalue weighted by Gasteiger charge is 2.14. The molecule has 86 valence electrons. The molecular weight excluding hydrogens is 219 g/mol. The van der Waals surface area contributed by atoms with Crippen LogP contribution in [0, 0.1) is 19.7 Å². The fourth-order valence-corrected chi connectivity index (χ4v) is 1.51. The standard InChI is InChI=1S/C13H11FN2O/c1-8-6-15-13(16-7-8)12(17)11-4-3-10(14)5-9(11)2/h3-7H,1-2H3. The number of aryl methyl sites for hydroxylation is 2. The summed E-state index contributed by atoms with van der Waals surface area (Å²) in [6, 6.07) is 4.03. The average molecular weight is 230 g/mol. The fourth-order valence-electron chi connectivity index (χ4n) is 1.51. The molecule has 0 bridgehead atoms. The third-order valence-corrected chi connectivity index (χ3v) is 2.42. The summed E-state index contributed by atoms with van der Waals surface area (Å²) in [5, 5.41) is 0. The van der Waals surface area contributed by atoms with Gasteiger partial charge in [0.15, 0.2) is 0 Å². The molecule has 0 unspecified atom stereocenters. The predicted molar refractivity (Wildman–Crippen MR) is 61.3 cm³/mol. The minimum Gasteiger partial charge on any atom is -0.285 e. The number of halogens is 1. The number of ketones is 1. The zero-order valence-corrected chi connectivity index (χ0v) is 9.57. The molecule has 3 nitrogen and oxygen atoms in total. The normalized spacial score (nSPS) is 10.3. The van der Waals surface area contributed by atoms with Crippen molar-refractivity contribution in [2.75, 3.05) is 0 Å². The molecule has 0 atom stereocenters. The second-order valence-corrected chi connectivity index (χ2v) is 3.87. The van der Waals surface area contributed by atoms with Crippen LogP contribution in [-0.2, 0) is 0 Å². The van der Waals surface area contributed by atoms with E-state index >= 15 is 0 Å². The van der Waals surface area contributed by atoms with Crippen molar-refractivity contribution in [2.24, 2.45) is 0 Å². The molecule has 0 aliphatic rings. The molecular formula is C13H11FN2O. The SMILES string of the molecule is Cc1cnc(C(=O)c2ccc(F)cc2C)nc1. The summed E-state index contributed by atoms with van der Waals surface area (Å²) in [5.41, 5.74) is 1.90. The molecule has 17 heavy (non-hydrogen) atoms. The van der Waals surface area contributed by atoms with E-state index in [4.69, 9.17) is 0 Å². The summed E-state index contributed by atoms with van der Waals surface area (Å²) >= 11 is 0. The smallest absolute Gasteiger partial charge is 0.230 e. The van der Waals surface area contributed by atoms with Crippen LogP contribution in [0.25, 0.3) is 0 Å². The molecule has 2 rings (SSSR count). The lowest BCUT2D eigenvalue weighted by molar-refractivity contribution is 0.102. The molecule has 1 aromatic carbocycles. The summed E-state index contributed by atoms with van der Waals surface area (Å²) in [6.07, 6.45) is 3.16. The molecule has 0 saturated carbocycles. The van der Waals surface area contributed by atoms with E-state index in [2.05, 4.69) is 9.97 Å². The van der Waals surface area contributed by atoms with Crippen molar-refractivity contribution in [1.82, 2.24) is 9.97 Å². The van der Waals surface area contributed by atoms with Gasteiger partial charge in [0, 0.05) is 18.0 Å². The zero-order chi connectivity index (χ0) is 12.4. The van der Waals surface area contributed by atoms with Crippen LogP contribution in [0.15, 0.2) is 30.6 Å². The van der Waals surface area contributed by atoms with Crippen LogP contribution < -0.4 is 0 Å². The first-order chi connectivity index (χ1) is 8.08. The van der Waals surface area contributed by atoms with Gasteiger partial charge < -0.3 is 0 Å². The van der Waals surface area contributed by atoms with Gasteiger partial charge in [0.2, 0.25) is 11.6 Å². The van der Waals surface area contributed by atoms with Gasteiger partial charge in [-0.2, -0.15) is 0 Å². The number of hydrogen-bond acceptors (Lipinski definition) is 3. The first kappa shape index (κ1) is 11.4. The Balaban J connectivity index is 2.40. The molecule has 0 saturated heterocycles. The lowest BCUT2D eigenvalue weighted by Gasteiger charge is -2.03. The van der Waals surface area contributed by atoms with Crippen molar-refractivity contribution in [1.29, 1.82) is 0 Å². The molecule has 0 fully saturated rings. The molecule has 0 spiro atoms. The highest BCUT2D eigenvalue weighted by Crippen LogP contribution is 2.13. The number of aromatic nitrogens is 2. The maximum atomic E-state index is 12.9. The number of benzene rings is 1. The van der Waals surface area contributed by atoms with Crippen LogP contribution in [0.3, 0.4) is 0 Å². The van der Waals surface area contributed by atoms with Gasteiger partial charge in [-0.25, -0.2) is 14.4 Å². The Bertz CT molecular complexity index is 564. The summed E-state index contributed by atoms with van der Waals surface area (Å²) < 4.78 is 12.9. The number of nitrogens with zero attached hydrogens (tertiary/aromatic N) is 2. The predicted octanol–water partition coefficient (Wildman–Crippen LogP) is 2.46. The van der Waals surface area contributed by atoms with E-state index in [1.54, 1.807) is 19.3 Å². The summed E-state index contributed by atoms with van der Waals surface area (Å²) in [5.74, 6) is -0.517. The Morgan fingerprint density at radius 2 is 1.82 bits per heavy atom. The monoisotopic (exact) mass is 230 g/mol. The minimum atomic E-state index is -0.358. The second kappa shape index (κ2) is 4.41. The van der Waals surface area contributed by atoms with Crippen LogP contribution in [0.5, 0.6) is 0 Å². The van der Waals surface area contributed by atoms with Crippen LogP contribution in [-0.4, -0.2) is 15.8 Å². The summed E-state index contributed by atoms with van der Waals surface area (Å²) in [6.45, 7) is 3.53. The van der Waals surface area contributed by atoms with Crippen LogP contribution in [0.2, 0.25) is 0 Å². The van der Waals surface area contributed by atoms with E-state index in [0.717, 1.165) is 5.56 Å². The highest BCUT2D eigenvalue weighted by atomic mass is 19.1. The van der Waals surface area contributed by atoms with E-state index in [-0.39, 0.29) is 17.4 Å². The van der Waals surface area contributed by atoms with E-state index in [1.807, 2.05) is 6.92 Å². The number of carbonyl (C=O) groups is 1. The largest absolute Gasteiger partial charge is 0.285 e. The molecule has 0 amide bonds. The zero-order valence-electron chi connectivity index (χ0n) is 9.57. The molecule has 0 aliphatic heterocycles. The Morgan fingerprint density at radius 1 is 1.18 bits per heavy atom. The van der Waals surface area contributed by atoms with Gasteiger partial charge >= 0.3 is 0 Å². The van der Waals surface area contributed by atoms with E-state index < -0.39 is 0 Å². The molecule has 0 aliphatic carbocycles. The maximum absolute atomic E-state index is 12.9. The first-order valence-corrected chi connectivity index (χ1v) is 5.17. The third kappa shape index (κ3) is 2.36. The quantitative estimate of drug-likeness (QED) is 0.744. The summed E-state index contributed by atoms with van der Waals surface area (Å²) in [7, 11) is 0. The second-order valence-electron chi connectivity index (χ2n) is 3.87. The molecule has 0 N–H and O–H groups in total. The van der Waals surface area contributed by atoms with Gasteiger partial charge in [0.25, 0.3) is 0 Å². The van der Waals surface area contributed by atoms with Crippen LogP contribution >= 0.6 is 0 Å². The Kier molecular flexibility index (Phi) is 2.95. The van der Waals surface area contributed by atoms with Crippen molar-refractivity contribution in [3.05, 3.63) is 58.9 Å². The van der Waals surface area contributed by atoms with E-state index in [1.165, 1.54) is 18.2 Å². The maximum Gasteiger partial charge on any atom is 0.230 e. The number of carbonyl (C=O) groups excluding carboxylic acids is 1. The summed E-state index contributed by atoms with van der Waals surface area (Å²) in [4.78, 5) is 20.0. The van der Waals surface area contributed by atoms with Gasteiger partial charge in [-0.3, -0.25) is 4.79 Å². The van der Waals surface area contributed by atoms with Gasteiger partial charge in [0.05, 0.1) is 0 Å². The van der Waals surface area contributed by atoms with Crippen molar-refractivity contribution in [2.45, 2.75) is 13.8 Å².